The minimum atomic E-state index is -0.853. The number of hydrogen-bond acceptors (Lipinski definition) is 2. The molecule has 0 aliphatic carbocycles. The van der Waals surface area contributed by atoms with Crippen molar-refractivity contribution in [1.82, 2.24) is 5.32 Å². The van der Waals surface area contributed by atoms with E-state index in [1.807, 2.05) is 0 Å². The predicted molar refractivity (Wildman–Crippen MR) is 51.1 cm³/mol. The molecule has 0 spiro atoms. The number of carbonyl (C=O) groups excluding carboxylic acids is 2. The summed E-state index contributed by atoms with van der Waals surface area (Å²) in [4.78, 5) is 21.6. The molecule has 1 fully saturated rings. The van der Waals surface area contributed by atoms with Crippen molar-refractivity contribution in [2.24, 2.45) is 0 Å². The second kappa shape index (κ2) is 3.14. The van der Waals surface area contributed by atoms with Crippen LogP contribution in [0.15, 0.2) is 0 Å². The first-order valence-corrected chi connectivity index (χ1v) is 5.31. The van der Waals surface area contributed by atoms with Crippen LogP contribution < -0.4 is 5.32 Å². The average Bonchev–Trinajstić information content (AvgIpc) is 1.84. The van der Waals surface area contributed by atoms with Crippen molar-refractivity contribution >= 4 is 59.6 Å². The second-order valence-electron chi connectivity index (χ2n) is 2.17. The molecule has 1 rings (SSSR count). The summed E-state index contributed by atoms with van der Waals surface area (Å²) in [5.41, 5.74) is 0. The van der Waals surface area contributed by atoms with Gasteiger partial charge >= 0.3 is 0 Å². The zero-order valence-electron chi connectivity index (χ0n) is 5.23. The fourth-order valence-electron chi connectivity index (χ4n) is 0.694. The van der Waals surface area contributed by atoms with Crippen LogP contribution in [0.4, 0.5) is 0 Å². The number of amides is 2. The van der Waals surface area contributed by atoms with Crippen molar-refractivity contribution in [3.05, 3.63) is 0 Å². The summed E-state index contributed by atoms with van der Waals surface area (Å²) in [5.74, 6) is -0.623. The van der Waals surface area contributed by atoms with Crippen molar-refractivity contribution < 1.29 is 9.59 Å². The first-order valence-electron chi connectivity index (χ1n) is 2.80. The molecule has 0 aromatic rings. The highest BCUT2D eigenvalue weighted by atomic mass is 79.9. The Balaban J connectivity index is 2.84. The highest BCUT2D eigenvalue weighted by Crippen LogP contribution is 2.38. The molecule has 11 heavy (non-hydrogen) atoms. The van der Waals surface area contributed by atoms with Gasteiger partial charge in [-0.2, -0.15) is 0 Å². The molecule has 0 saturated carbocycles. The lowest BCUT2D eigenvalue weighted by Gasteiger charge is -2.28. The third kappa shape index (κ3) is 1.84. The number of nitrogens with one attached hydrogen (secondary N) is 1. The maximum Gasteiger partial charge on any atom is 0.255 e. The maximum atomic E-state index is 11.1. The van der Waals surface area contributed by atoms with Crippen molar-refractivity contribution in [1.29, 1.82) is 0 Å². The highest BCUT2D eigenvalue weighted by molar-refractivity contribution is 9.26. The molecule has 0 aromatic heterocycles. The van der Waals surface area contributed by atoms with Crippen molar-refractivity contribution in [2.45, 2.75) is 14.5 Å². The van der Waals surface area contributed by atoms with Gasteiger partial charge in [0.2, 0.25) is 5.91 Å². The van der Waals surface area contributed by atoms with Gasteiger partial charge in [0.25, 0.3) is 5.91 Å². The van der Waals surface area contributed by atoms with Gasteiger partial charge in [-0.05, 0) is 0 Å². The van der Waals surface area contributed by atoms with Crippen molar-refractivity contribution in [3.8, 4) is 0 Å². The summed E-state index contributed by atoms with van der Waals surface area (Å²) >= 11 is 9.53. The predicted octanol–water partition coefficient (Wildman–Crippen LogP) is 1.28. The molecular formula is C5H4Br3NO2. The van der Waals surface area contributed by atoms with Gasteiger partial charge in [-0.3, -0.25) is 14.9 Å². The van der Waals surface area contributed by atoms with E-state index in [-0.39, 0.29) is 23.1 Å². The van der Waals surface area contributed by atoms with Crippen LogP contribution in [-0.2, 0) is 9.59 Å². The van der Waals surface area contributed by atoms with Gasteiger partial charge < -0.3 is 0 Å². The Kier molecular flexibility index (Phi) is 2.76. The Morgan fingerprint density at radius 3 is 2.45 bits per heavy atom. The van der Waals surface area contributed by atoms with Gasteiger partial charge in [0, 0.05) is 6.42 Å². The van der Waals surface area contributed by atoms with Gasteiger partial charge in [0.1, 0.15) is 0 Å². The molecule has 0 bridgehead atoms. The van der Waals surface area contributed by atoms with Crippen LogP contribution in [0, 0.1) is 0 Å². The molecule has 3 nitrogen and oxygen atoms in total. The summed E-state index contributed by atoms with van der Waals surface area (Å²) in [6.45, 7) is 0. The molecular weight excluding hydrogens is 346 g/mol. The Labute approximate surface area is 88.7 Å². The van der Waals surface area contributed by atoms with Gasteiger partial charge in [-0.1, -0.05) is 47.8 Å². The van der Waals surface area contributed by atoms with Crippen LogP contribution in [0.25, 0.3) is 0 Å². The fourth-order valence-corrected chi connectivity index (χ4v) is 1.72. The standard InChI is InChI=1S/C5H4Br3NO2/c6-2-1-3(10)9-4(11)5(2,7)8/h2H,1H2,(H,9,10,11). The second-order valence-corrected chi connectivity index (χ2v) is 6.84. The molecule has 0 radical (unpaired) electrons. The maximum absolute atomic E-state index is 11.1. The summed E-state index contributed by atoms with van der Waals surface area (Å²) in [6, 6.07) is 0. The summed E-state index contributed by atoms with van der Waals surface area (Å²) in [5, 5.41) is 2.20. The summed E-state index contributed by atoms with van der Waals surface area (Å²) < 4.78 is -0.853. The Bertz CT molecular complexity index is 216. The van der Waals surface area contributed by atoms with Gasteiger partial charge in [-0.15, -0.1) is 0 Å². The third-order valence-electron chi connectivity index (χ3n) is 1.31. The molecule has 1 heterocycles. The Morgan fingerprint density at radius 2 is 2.00 bits per heavy atom. The zero-order chi connectivity index (χ0) is 8.65. The smallest absolute Gasteiger partial charge is 0.255 e. The molecule has 1 N–H and O–H groups in total. The molecule has 6 heteroatoms. The first-order chi connectivity index (χ1) is 4.94. The molecule has 1 aliphatic heterocycles. The molecule has 1 aliphatic rings. The number of carbonyl (C=O) groups is 2. The van der Waals surface area contributed by atoms with Crippen LogP contribution in [0.2, 0.25) is 0 Å². The normalized spacial score (nSPS) is 29.9. The molecule has 1 atom stereocenters. The van der Waals surface area contributed by atoms with E-state index in [4.69, 9.17) is 0 Å². The van der Waals surface area contributed by atoms with Crippen LogP contribution in [0.3, 0.4) is 0 Å². The van der Waals surface area contributed by atoms with E-state index >= 15 is 0 Å². The third-order valence-corrected chi connectivity index (χ3v) is 5.38. The fraction of sp³-hybridized carbons (Fsp3) is 0.600. The van der Waals surface area contributed by atoms with Crippen LogP contribution in [-0.4, -0.2) is 19.9 Å². The lowest BCUT2D eigenvalue weighted by atomic mass is 10.1. The van der Waals surface area contributed by atoms with E-state index in [0.29, 0.717) is 0 Å². The number of imide groups is 1. The van der Waals surface area contributed by atoms with E-state index in [1.165, 1.54) is 0 Å². The topological polar surface area (TPSA) is 46.2 Å². The lowest BCUT2D eigenvalue weighted by molar-refractivity contribution is -0.132. The van der Waals surface area contributed by atoms with E-state index in [2.05, 4.69) is 53.1 Å². The van der Waals surface area contributed by atoms with Crippen LogP contribution in [0.1, 0.15) is 6.42 Å². The number of piperidine rings is 1. The van der Waals surface area contributed by atoms with Crippen LogP contribution >= 0.6 is 47.8 Å². The summed E-state index contributed by atoms with van der Waals surface area (Å²) in [7, 11) is 0. The summed E-state index contributed by atoms with van der Waals surface area (Å²) in [6.07, 6.45) is 0.280. The Morgan fingerprint density at radius 1 is 1.45 bits per heavy atom. The molecule has 62 valence electrons. The molecule has 1 unspecified atom stereocenters. The molecule has 1 saturated heterocycles. The number of rotatable bonds is 0. The Hall–Kier alpha value is 0.580. The van der Waals surface area contributed by atoms with Crippen molar-refractivity contribution in [3.63, 3.8) is 0 Å². The minimum Gasteiger partial charge on any atom is -0.294 e. The SMILES string of the molecule is O=C1CC(Br)C(Br)(Br)C(=O)N1. The zero-order valence-corrected chi connectivity index (χ0v) is 9.99. The highest BCUT2D eigenvalue weighted by Gasteiger charge is 2.45. The van der Waals surface area contributed by atoms with Gasteiger partial charge in [0.05, 0.1) is 4.83 Å². The van der Waals surface area contributed by atoms with E-state index in [0.717, 1.165) is 0 Å². The number of alkyl halides is 3. The molecule has 0 aromatic carbocycles. The monoisotopic (exact) mass is 347 g/mol. The van der Waals surface area contributed by atoms with Gasteiger partial charge in [0.15, 0.2) is 3.23 Å². The van der Waals surface area contributed by atoms with E-state index in [9.17, 15) is 9.59 Å². The lowest BCUT2D eigenvalue weighted by Crippen LogP contribution is -2.52. The quantitative estimate of drug-likeness (QED) is 0.529. The molecule has 2 amide bonds. The van der Waals surface area contributed by atoms with Crippen molar-refractivity contribution in [2.75, 3.05) is 0 Å². The number of halogens is 3. The largest absolute Gasteiger partial charge is 0.294 e. The van der Waals surface area contributed by atoms with Gasteiger partial charge in [-0.25, -0.2) is 0 Å². The number of hydrogen-bond donors (Lipinski definition) is 1. The average molecular weight is 350 g/mol. The van der Waals surface area contributed by atoms with E-state index < -0.39 is 3.23 Å². The minimum absolute atomic E-state index is 0.212. The first kappa shape index (κ1) is 9.67. The van der Waals surface area contributed by atoms with E-state index in [1.54, 1.807) is 0 Å². The van der Waals surface area contributed by atoms with Crippen LogP contribution in [0.5, 0.6) is 0 Å².